The molecule has 3 aromatic heterocycles. The van der Waals surface area contributed by atoms with Gasteiger partial charge in [-0.05, 0) is 44.0 Å². The van der Waals surface area contributed by atoms with Crippen LogP contribution in [-0.4, -0.2) is 24.9 Å². The number of hydrogen-bond acceptors (Lipinski definition) is 4. The van der Waals surface area contributed by atoms with Gasteiger partial charge in [-0.3, -0.25) is 13.8 Å². The molecule has 0 saturated heterocycles. The average Bonchev–Trinajstić information content (AvgIpc) is 3.43. The molecule has 0 unspecified atom stereocenters. The maximum absolute atomic E-state index is 12.8. The highest BCUT2D eigenvalue weighted by molar-refractivity contribution is 6.01. The van der Waals surface area contributed by atoms with Gasteiger partial charge in [0.05, 0.1) is 17.2 Å². The Labute approximate surface area is 211 Å². The first-order valence-electron chi connectivity index (χ1n) is 13.2. The largest absolute Gasteiger partial charge is 0.424 e. The van der Waals surface area contributed by atoms with Crippen LogP contribution in [0.2, 0.25) is 0 Å². The number of fused-ring (bicyclic) bond motifs is 5. The molecule has 6 heteroatoms. The molecule has 36 heavy (non-hydrogen) atoms. The number of hydrogen-bond donors (Lipinski definition) is 0. The van der Waals surface area contributed by atoms with Crippen molar-refractivity contribution in [3.05, 3.63) is 66.1 Å². The topological polar surface area (TPSA) is 61.4 Å². The number of esters is 1. The summed E-state index contributed by atoms with van der Waals surface area (Å²) in [5, 5.41) is 0.773. The second kappa shape index (κ2) is 10.5. The van der Waals surface area contributed by atoms with Gasteiger partial charge in [-0.2, -0.15) is 0 Å². The summed E-state index contributed by atoms with van der Waals surface area (Å²) in [5.41, 5.74) is 5.65. The third-order valence-electron chi connectivity index (χ3n) is 6.75. The molecule has 3 heterocycles. The zero-order chi connectivity index (χ0) is 25.1. The molecule has 6 nitrogen and oxygen atoms in total. The van der Waals surface area contributed by atoms with E-state index in [0.29, 0.717) is 12.2 Å². The number of benzene rings is 2. The number of aryl methyl sites for hydroxylation is 2. The summed E-state index contributed by atoms with van der Waals surface area (Å²) in [7, 11) is 0. The molecule has 0 radical (unpaired) electrons. The Bertz CT molecular complexity index is 1510. The predicted octanol–water partition coefficient (Wildman–Crippen LogP) is 7.35. The summed E-state index contributed by atoms with van der Waals surface area (Å²) in [6.07, 6.45) is 9.41. The molecule has 186 valence electrons. The Hall–Kier alpha value is -3.67. The van der Waals surface area contributed by atoms with Crippen molar-refractivity contribution in [2.24, 2.45) is 0 Å². The van der Waals surface area contributed by atoms with E-state index in [2.05, 4.69) is 55.5 Å². The molecular weight excluding hydrogens is 448 g/mol. The number of carbonyl (C=O) groups excluding carboxylic acids is 1. The van der Waals surface area contributed by atoms with Gasteiger partial charge in [-0.15, -0.1) is 0 Å². The van der Waals surface area contributed by atoms with Crippen LogP contribution >= 0.6 is 0 Å². The number of ether oxygens (including phenoxy) is 1. The van der Waals surface area contributed by atoms with E-state index in [0.717, 1.165) is 84.2 Å². The van der Waals surface area contributed by atoms with E-state index >= 15 is 0 Å². The van der Waals surface area contributed by atoms with Gasteiger partial charge in [-0.1, -0.05) is 69.4 Å². The number of nitrogens with zero attached hydrogens (tertiary/aromatic N) is 4. The van der Waals surface area contributed by atoms with E-state index in [1.165, 1.54) is 5.56 Å². The first-order valence-corrected chi connectivity index (χ1v) is 13.2. The molecule has 0 saturated carbocycles. The number of para-hydroxylation sites is 2. The predicted molar refractivity (Wildman–Crippen MR) is 145 cm³/mol. The van der Waals surface area contributed by atoms with Crippen LogP contribution in [0.3, 0.4) is 0 Å². The molecule has 0 aliphatic heterocycles. The van der Waals surface area contributed by atoms with Crippen molar-refractivity contribution >= 4 is 33.7 Å². The van der Waals surface area contributed by atoms with Gasteiger partial charge >= 0.3 is 5.97 Å². The Morgan fingerprint density at radius 1 is 0.889 bits per heavy atom. The second-order valence-corrected chi connectivity index (χ2v) is 9.57. The minimum absolute atomic E-state index is 0.215. The maximum atomic E-state index is 12.8. The quantitative estimate of drug-likeness (QED) is 0.154. The van der Waals surface area contributed by atoms with Crippen LogP contribution in [0.5, 0.6) is 5.75 Å². The van der Waals surface area contributed by atoms with Gasteiger partial charge < -0.3 is 4.74 Å². The summed E-state index contributed by atoms with van der Waals surface area (Å²) >= 11 is 0. The Morgan fingerprint density at radius 2 is 1.64 bits per heavy atom. The molecular formula is C30H34N4O2. The second-order valence-electron chi connectivity index (χ2n) is 9.57. The monoisotopic (exact) mass is 482 g/mol. The Kier molecular flexibility index (Phi) is 7.03. The van der Waals surface area contributed by atoms with Crippen molar-refractivity contribution < 1.29 is 9.53 Å². The normalized spacial score (nSPS) is 11.6. The van der Waals surface area contributed by atoms with E-state index in [1.807, 2.05) is 29.0 Å². The third kappa shape index (κ3) is 4.60. The third-order valence-corrected chi connectivity index (χ3v) is 6.75. The maximum Gasteiger partial charge on any atom is 0.311 e. The lowest BCUT2D eigenvalue weighted by Gasteiger charge is -2.10. The molecule has 2 aromatic carbocycles. The SMILES string of the molecule is CCCCCC(=O)Oc1cn(-c2ccc(C)cc2)c2nc(CCCCC)n3c4ccccc4nc3c12. The molecule has 0 amide bonds. The van der Waals surface area contributed by atoms with E-state index < -0.39 is 0 Å². The zero-order valence-electron chi connectivity index (χ0n) is 21.5. The van der Waals surface area contributed by atoms with Crippen molar-refractivity contribution in [3.8, 4) is 11.4 Å². The van der Waals surface area contributed by atoms with Crippen molar-refractivity contribution in [1.29, 1.82) is 0 Å². The fourth-order valence-corrected chi connectivity index (χ4v) is 4.79. The first-order chi connectivity index (χ1) is 17.6. The van der Waals surface area contributed by atoms with Crippen LogP contribution in [0.25, 0.3) is 33.4 Å². The van der Waals surface area contributed by atoms with Gasteiger partial charge in [0.2, 0.25) is 0 Å². The van der Waals surface area contributed by atoms with Gasteiger partial charge in [0.25, 0.3) is 0 Å². The molecule has 0 fully saturated rings. The molecule has 0 spiro atoms. The molecule has 0 aliphatic rings. The molecule has 0 atom stereocenters. The molecule has 5 rings (SSSR count). The van der Waals surface area contributed by atoms with Gasteiger partial charge in [0.15, 0.2) is 17.0 Å². The fourth-order valence-electron chi connectivity index (χ4n) is 4.79. The highest BCUT2D eigenvalue weighted by Gasteiger charge is 2.23. The zero-order valence-corrected chi connectivity index (χ0v) is 21.5. The average molecular weight is 483 g/mol. The summed E-state index contributed by atoms with van der Waals surface area (Å²) in [4.78, 5) is 23.0. The smallest absolute Gasteiger partial charge is 0.311 e. The van der Waals surface area contributed by atoms with Crippen molar-refractivity contribution in [3.63, 3.8) is 0 Å². The molecule has 0 bridgehead atoms. The summed E-state index contributed by atoms with van der Waals surface area (Å²) in [6.45, 7) is 6.41. The number of unbranched alkanes of at least 4 members (excludes halogenated alkanes) is 4. The fraction of sp³-hybridized carbons (Fsp3) is 0.367. The standard InChI is InChI=1S/C30H34N4O2/c1-4-6-8-14-26-32-29-28(30-31-23-12-10-11-13-24(23)34(26)30)25(36-27(35)15-9-7-5-2)20-33(29)22-18-16-21(3)17-19-22/h10-13,16-20H,4-9,14-15H2,1-3H3. The summed E-state index contributed by atoms with van der Waals surface area (Å²) in [6, 6.07) is 16.5. The van der Waals surface area contributed by atoms with Crippen molar-refractivity contribution in [2.45, 2.75) is 72.1 Å². The number of imidazole rings is 1. The first kappa shape index (κ1) is 24.0. The lowest BCUT2D eigenvalue weighted by molar-refractivity contribution is -0.134. The number of carbonyl (C=O) groups is 1. The van der Waals surface area contributed by atoms with Crippen LogP contribution in [0.1, 0.15) is 70.2 Å². The van der Waals surface area contributed by atoms with Crippen LogP contribution in [0.4, 0.5) is 0 Å². The molecule has 5 aromatic rings. The number of rotatable bonds is 10. The number of aromatic nitrogens is 4. The van der Waals surface area contributed by atoms with Crippen LogP contribution in [0, 0.1) is 6.92 Å². The van der Waals surface area contributed by atoms with Crippen LogP contribution in [-0.2, 0) is 11.2 Å². The van der Waals surface area contributed by atoms with Crippen LogP contribution < -0.4 is 4.74 Å². The highest BCUT2D eigenvalue weighted by atomic mass is 16.5. The van der Waals surface area contributed by atoms with Gasteiger partial charge in [-0.25, -0.2) is 9.97 Å². The van der Waals surface area contributed by atoms with E-state index in [4.69, 9.17) is 14.7 Å². The van der Waals surface area contributed by atoms with Crippen molar-refractivity contribution in [2.75, 3.05) is 0 Å². The Morgan fingerprint density at radius 3 is 2.42 bits per heavy atom. The lowest BCUT2D eigenvalue weighted by Crippen LogP contribution is -2.08. The van der Waals surface area contributed by atoms with E-state index in [1.54, 1.807) is 0 Å². The molecule has 0 N–H and O–H groups in total. The minimum Gasteiger partial charge on any atom is -0.424 e. The van der Waals surface area contributed by atoms with Crippen molar-refractivity contribution in [1.82, 2.24) is 18.9 Å². The Balaban J connectivity index is 1.74. The summed E-state index contributed by atoms with van der Waals surface area (Å²) in [5.74, 6) is 1.28. The lowest BCUT2D eigenvalue weighted by atomic mass is 10.2. The highest BCUT2D eigenvalue weighted by Crippen LogP contribution is 2.35. The van der Waals surface area contributed by atoms with E-state index in [9.17, 15) is 4.79 Å². The minimum atomic E-state index is -0.215. The van der Waals surface area contributed by atoms with Gasteiger partial charge in [0.1, 0.15) is 11.2 Å². The van der Waals surface area contributed by atoms with Crippen LogP contribution in [0.15, 0.2) is 54.7 Å². The molecule has 0 aliphatic carbocycles. The van der Waals surface area contributed by atoms with Gasteiger partial charge in [0, 0.05) is 18.5 Å². The summed E-state index contributed by atoms with van der Waals surface area (Å²) < 4.78 is 10.2. The van der Waals surface area contributed by atoms with E-state index in [-0.39, 0.29) is 5.97 Å².